The molecule has 0 aliphatic carbocycles. The molecule has 0 saturated carbocycles. The molecule has 5 heteroatoms. The normalized spacial score (nSPS) is 8.67. The summed E-state index contributed by atoms with van der Waals surface area (Å²) in [6.45, 7) is 16.0. The van der Waals surface area contributed by atoms with Crippen molar-refractivity contribution in [3.05, 3.63) is 54.6 Å². The number of hydrogen-bond acceptors (Lipinski definition) is 3. The van der Waals surface area contributed by atoms with Gasteiger partial charge in [-0.3, -0.25) is 4.31 Å². The van der Waals surface area contributed by atoms with E-state index in [9.17, 15) is 8.42 Å². The zero-order valence-electron chi connectivity index (χ0n) is 18.9. The van der Waals surface area contributed by atoms with E-state index in [-0.39, 0.29) is 4.90 Å². The van der Waals surface area contributed by atoms with Crippen molar-refractivity contribution in [2.75, 3.05) is 23.7 Å². The Bertz CT molecular complexity index is 657. The topological polar surface area (TPSA) is 49.4 Å². The van der Waals surface area contributed by atoms with Gasteiger partial charge in [0.2, 0.25) is 0 Å². The average molecular weight is 397 g/mol. The molecule has 0 aromatic heterocycles. The average Bonchev–Trinajstić information content (AvgIpc) is 2.79. The van der Waals surface area contributed by atoms with Crippen LogP contribution in [0.2, 0.25) is 0 Å². The summed E-state index contributed by atoms with van der Waals surface area (Å²) in [7, 11) is -0.212. The van der Waals surface area contributed by atoms with Crippen LogP contribution in [-0.2, 0) is 10.0 Å². The van der Waals surface area contributed by atoms with Crippen LogP contribution in [0.4, 0.5) is 11.4 Å². The molecule has 1 N–H and O–H groups in total. The highest BCUT2D eigenvalue weighted by molar-refractivity contribution is 7.92. The molecule has 0 fully saturated rings. The predicted molar refractivity (Wildman–Crippen MR) is 123 cm³/mol. The molecule has 0 radical (unpaired) electrons. The van der Waals surface area contributed by atoms with E-state index in [2.05, 4.69) is 5.32 Å². The predicted octanol–water partition coefficient (Wildman–Crippen LogP) is 6.66. The van der Waals surface area contributed by atoms with E-state index >= 15 is 0 Å². The number of anilines is 2. The first-order chi connectivity index (χ1) is 13.1. The summed E-state index contributed by atoms with van der Waals surface area (Å²) in [6.07, 6.45) is 0. The van der Waals surface area contributed by atoms with Crippen LogP contribution in [0.3, 0.4) is 0 Å². The Hall–Kier alpha value is -2.01. The van der Waals surface area contributed by atoms with E-state index in [1.165, 1.54) is 4.31 Å². The van der Waals surface area contributed by atoms with Crippen molar-refractivity contribution in [2.45, 2.75) is 60.3 Å². The molecule has 27 heavy (non-hydrogen) atoms. The van der Waals surface area contributed by atoms with Crippen LogP contribution in [0.5, 0.6) is 0 Å². The van der Waals surface area contributed by atoms with E-state index < -0.39 is 10.0 Å². The first-order valence-electron chi connectivity index (χ1n) is 9.88. The Balaban J connectivity index is -0.000000638. The van der Waals surface area contributed by atoms with Crippen LogP contribution >= 0.6 is 0 Å². The number of nitrogens with one attached hydrogen (secondary N) is 1. The lowest BCUT2D eigenvalue weighted by Gasteiger charge is -2.22. The van der Waals surface area contributed by atoms with Gasteiger partial charge in [-0.2, -0.15) is 0 Å². The Morgan fingerprint density at radius 2 is 1.11 bits per heavy atom. The number of para-hydroxylation sites is 2. The highest BCUT2D eigenvalue weighted by atomic mass is 32.2. The fraction of sp³-hybridized carbons (Fsp3) is 0.455. The van der Waals surface area contributed by atoms with Crippen LogP contribution < -0.4 is 9.62 Å². The zero-order valence-corrected chi connectivity index (χ0v) is 19.7. The molecule has 0 aliphatic heterocycles. The molecular weight excluding hydrogens is 356 g/mol. The van der Waals surface area contributed by atoms with E-state index in [0.29, 0.717) is 5.69 Å². The van der Waals surface area contributed by atoms with Crippen molar-refractivity contribution in [3.63, 3.8) is 0 Å². The summed E-state index contributed by atoms with van der Waals surface area (Å²) in [5.74, 6) is 0. The molecule has 0 atom stereocenters. The number of nitrogens with zero attached hydrogens (tertiary/aromatic N) is 1. The van der Waals surface area contributed by atoms with Gasteiger partial charge in [0.1, 0.15) is 0 Å². The van der Waals surface area contributed by atoms with Gasteiger partial charge in [-0.25, -0.2) is 8.42 Å². The van der Waals surface area contributed by atoms with Crippen LogP contribution in [0, 0.1) is 0 Å². The minimum Gasteiger partial charge on any atom is -0.386 e. The SMILES string of the molecule is CC.CC.CC.CC.CNc1ccccc1N(C)S(=O)(=O)c1ccccc1. The number of hydrogen-bond donors (Lipinski definition) is 1. The first kappa shape index (κ1) is 29.7. The fourth-order valence-corrected chi connectivity index (χ4v) is 3.08. The van der Waals surface area contributed by atoms with Gasteiger partial charge >= 0.3 is 0 Å². The molecule has 2 rings (SSSR count). The van der Waals surface area contributed by atoms with Crippen LogP contribution in [0.25, 0.3) is 0 Å². The Morgan fingerprint density at radius 1 is 0.704 bits per heavy atom. The van der Waals surface area contributed by atoms with Crippen molar-refractivity contribution in [3.8, 4) is 0 Å². The maximum absolute atomic E-state index is 12.5. The molecule has 0 unspecified atom stereocenters. The van der Waals surface area contributed by atoms with E-state index in [1.54, 1.807) is 50.5 Å². The number of rotatable bonds is 4. The smallest absolute Gasteiger partial charge is 0.264 e. The Labute approximate surface area is 168 Å². The zero-order chi connectivity index (χ0) is 21.9. The maximum atomic E-state index is 12.5. The van der Waals surface area contributed by atoms with Crippen molar-refractivity contribution in [2.24, 2.45) is 0 Å². The number of benzene rings is 2. The molecule has 0 bridgehead atoms. The third kappa shape index (κ3) is 9.48. The highest BCUT2D eigenvalue weighted by Gasteiger charge is 2.22. The molecule has 2 aromatic rings. The molecule has 0 heterocycles. The molecular formula is C22H40N2O2S. The van der Waals surface area contributed by atoms with Gasteiger partial charge in [-0.05, 0) is 24.3 Å². The minimum absolute atomic E-state index is 0.281. The summed E-state index contributed by atoms with van der Waals surface area (Å²) in [4.78, 5) is 0.281. The maximum Gasteiger partial charge on any atom is 0.264 e. The van der Waals surface area contributed by atoms with E-state index in [1.807, 2.05) is 73.6 Å². The quantitative estimate of drug-likeness (QED) is 0.628. The molecule has 2 aromatic carbocycles. The third-order valence-corrected chi connectivity index (χ3v) is 4.70. The van der Waals surface area contributed by atoms with Crippen molar-refractivity contribution < 1.29 is 8.42 Å². The van der Waals surface area contributed by atoms with Crippen molar-refractivity contribution >= 4 is 21.4 Å². The lowest BCUT2D eigenvalue weighted by atomic mass is 10.2. The highest BCUT2D eigenvalue weighted by Crippen LogP contribution is 2.28. The lowest BCUT2D eigenvalue weighted by molar-refractivity contribution is 0.594. The van der Waals surface area contributed by atoms with Crippen molar-refractivity contribution in [1.82, 2.24) is 0 Å². The van der Waals surface area contributed by atoms with Crippen LogP contribution in [-0.4, -0.2) is 22.5 Å². The summed E-state index contributed by atoms with van der Waals surface area (Å²) in [5, 5.41) is 2.99. The van der Waals surface area contributed by atoms with Gasteiger partial charge in [0.25, 0.3) is 10.0 Å². The summed E-state index contributed by atoms with van der Waals surface area (Å²) >= 11 is 0. The summed E-state index contributed by atoms with van der Waals surface area (Å²) in [5.41, 5.74) is 1.39. The van der Waals surface area contributed by atoms with Crippen LogP contribution in [0.15, 0.2) is 59.5 Å². The molecule has 4 nitrogen and oxygen atoms in total. The van der Waals surface area contributed by atoms with Gasteiger partial charge in [0.15, 0.2) is 0 Å². The minimum atomic E-state index is -3.53. The summed E-state index contributed by atoms with van der Waals surface area (Å²) in [6, 6.07) is 15.7. The van der Waals surface area contributed by atoms with E-state index in [0.717, 1.165) is 5.69 Å². The van der Waals surface area contributed by atoms with E-state index in [4.69, 9.17) is 0 Å². The van der Waals surface area contributed by atoms with Crippen molar-refractivity contribution in [1.29, 1.82) is 0 Å². The lowest BCUT2D eigenvalue weighted by Crippen LogP contribution is -2.27. The Morgan fingerprint density at radius 3 is 1.56 bits per heavy atom. The van der Waals surface area contributed by atoms with Crippen LogP contribution in [0.1, 0.15) is 55.4 Å². The monoisotopic (exact) mass is 396 g/mol. The number of sulfonamides is 1. The van der Waals surface area contributed by atoms with Gasteiger partial charge in [0, 0.05) is 14.1 Å². The van der Waals surface area contributed by atoms with Gasteiger partial charge in [-0.1, -0.05) is 85.7 Å². The first-order valence-corrected chi connectivity index (χ1v) is 11.3. The molecule has 0 saturated heterocycles. The second-order valence-electron chi connectivity index (χ2n) is 4.05. The van der Waals surface area contributed by atoms with Gasteiger partial charge in [-0.15, -0.1) is 0 Å². The molecule has 0 spiro atoms. The standard InChI is InChI=1S/C14H16N2O2S.4C2H6/c1-15-13-10-6-7-11-14(13)16(2)19(17,18)12-8-4-3-5-9-12;4*1-2/h3-11,15H,1-2H3;4*1-2H3. The second-order valence-corrected chi connectivity index (χ2v) is 6.02. The molecule has 0 amide bonds. The summed E-state index contributed by atoms with van der Waals surface area (Å²) < 4.78 is 26.3. The second kappa shape index (κ2) is 18.8. The molecule has 156 valence electrons. The fourth-order valence-electron chi connectivity index (χ4n) is 1.84. The largest absolute Gasteiger partial charge is 0.386 e. The van der Waals surface area contributed by atoms with Gasteiger partial charge < -0.3 is 5.32 Å². The third-order valence-electron chi connectivity index (χ3n) is 2.91. The Kier molecular flexibility index (Phi) is 20.7. The van der Waals surface area contributed by atoms with Gasteiger partial charge in [0.05, 0.1) is 16.3 Å². The molecule has 0 aliphatic rings.